The Morgan fingerprint density at radius 1 is 0.839 bits per heavy atom. The number of hydrogen-bond donors (Lipinski definition) is 2. The van der Waals surface area contributed by atoms with Crippen LogP contribution in [0.3, 0.4) is 0 Å². The van der Waals surface area contributed by atoms with Gasteiger partial charge < -0.3 is 0 Å². The van der Waals surface area contributed by atoms with E-state index in [-0.39, 0.29) is 22.1 Å². The third-order valence-corrected chi connectivity index (χ3v) is 6.29. The maximum Gasteiger partial charge on any atom is 0.262 e. The number of carbonyl (C=O) groups excluding carboxylic acids is 1. The zero-order chi connectivity index (χ0) is 22.0. The number of nitrogens with one attached hydrogen (secondary N) is 2. The summed E-state index contributed by atoms with van der Waals surface area (Å²) in [7, 11) is -3.94. The maximum atomic E-state index is 13.1. The number of aromatic amines is 1. The van der Waals surface area contributed by atoms with Gasteiger partial charge in [0, 0.05) is 11.1 Å². The molecule has 6 nitrogen and oxygen atoms in total. The van der Waals surface area contributed by atoms with Crippen LogP contribution in [0, 0.1) is 13.8 Å². The van der Waals surface area contributed by atoms with Gasteiger partial charge in [0.2, 0.25) is 5.78 Å². The van der Waals surface area contributed by atoms with Gasteiger partial charge in [0.1, 0.15) is 17.1 Å². The Morgan fingerprint density at radius 3 is 2.03 bits per heavy atom. The highest BCUT2D eigenvalue weighted by atomic mass is 32.2. The molecule has 0 fully saturated rings. The van der Waals surface area contributed by atoms with Gasteiger partial charge in [-0.2, -0.15) is 5.10 Å². The highest BCUT2D eigenvalue weighted by molar-refractivity contribution is 7.92. The van der Waals surface area contributed by atoms with Gasteiger partial charge in [-0.1, -0.05) is 77.9 Å². The number of benzene rings is 3. The first kappa shape index (κ1) is 20.6. The molecule has 0 saturated carbocycles. The topological polar surface area (TPSA) is 91.9 Å². The SMILES string of the molecule is Cc1ccc(-c2n[nH]c(C(=O)c3ccccc3)c2NS(=O)(=O)c2ccc(C)cc2)cc1. The predicted octanol–water partition coefficient (Wildman–Crippen LogP) is 4.73. The normalized spacial score (nSPS) is 11.3. The molecule has 0 aliphatic rings. The zero-order valence-electron chi connectivity index (χ0n) is 17.1. The molecule has 4 rings (SSSR count). The first-order valence-electron chi connectivity index (χ1n) is 9.70. The van der Waals surface area contributed by atoms with Crippen LogP contribution in [-0.4, -0.2) is 24.4 Å². The average Bonchev–Trinajstić information content (AvgIpc) is 3.17. The van der Waals surface area contributed by atoms with Crippen molar-refractivity contribution in [2.24, 2.45) is 0 Å². The minimum absolute atomic E-state index is 0.0810. The molecule has 0 unspecified atom stereocenters. The van der Waals surface area contributed by atoms with E-state index in [4.69, 9.17) is 0 Å². The molecule has 2 N–H and O–H groups in total. The Kier molecular flexibility index (Phi) is 5.44. The molecule has 0 bridgehead atoms. The Morgan fingerprint density at radius 2 is 1.42 bits per heavy atom. The fraction of sp³-hybridized carbons (Fsp3) is 0.0833. The van der Waals surface area contributed by atoms with Crippen LogP contribution in [0.25, 0.3) is 11.3 Å². The summed E-state index contributed by atoms with van der Waals surface area (Å²) in [4.78, 5) is 13.2. The highest BCUT2D eigenvalue weighted by Gasteiger charge is 2.26. The summed E-state index contributed by atoms with van der Waals surface area (Å²) in [6, 6.07) is 22.6. The molecule has 3 aromatic carbocycles. The van der Waals surface area contributed by atoms with Crippen LogP contribution in [0.2, 0.25) is 0 Å². The Bertz CT molecular complexity index is 1330. The molecule has 0 radical (unpaired) electrons. The van der Waals surface area contributed by atoms with Crippen molar-refractivity contribution in [1.82, 2.24) is 10.2 Å². The van der Waals surface area contributed by atoms with E-state index in [2.05, 4.69) is 14.9 Å². The summed E-state index contributed by atoms with van der Waals surface area (Å²) in [5, 5.41) is 7.02. The molecule has 1 aromatic heterocycles. The largest absolute Gasteiger partial charge is 0.287 e. The van der Waals surface area contributed by atoms with E-state index in [1.165, 1.54) is 12.1 Å². The maximum absolute atomic E-state index is 13.1. The van der Waals surface area contributed by atoms with Crippen LogP contribution in [0.5, 0.6) is 0 Å². The summed E-state index contributed by atoms with van der Waals surface area (Å²) in [6.07, 6.45) is 0. The summed E-state index contributed by atoms with van der Waals surface area (Å²) in [5.74, 6) is -0.354. The van der Waals surface area contributed by atoms with Gasteiger partial charge in [0.25, 0.3) is 10.0 Å². The molecule has 0 aliphatic heterocycles. The molecule has 0 spiro atoms. The third kappa shape index (κ3) is 4.27. The number of carbonyl (C=O) groups is 1. The molecule has 7 heteroatoms. The fourth-order valence-electron chi connectivity index (χ4n) is 3.17. The van der Waals surface area contributed by atoms with Crippen molar-refractivity contribution < 1.29 is 13.2 Å². The first-order chi connectivity index (χ1) is 14.8. The second-order valence-corrected chi connectivity index (χ2v) is 8.98. The number of rotatable bonds is 6. The van der Waals surface area contributed by atoms with Crippen molar-refractivity contribution in [2.75, 3.05) is 4.72 Å². The van der Waals surface area contributed by atoms with E-state index < -0.39 is 10.0 Å². The zero-order valence-corrected chi connectivity index (χ0v) is 17.9. The van der Waals surface area contributed by atoms with E-state index in [0.29, 0.717) is 16.8 Å². The predicted molar refractivity (Wildman–Crippen MR) is 121 cm³/mol. The van der Waals surface area contributed by atoms with Crippen molar-refractivity contribution in [1.29, 1.82) is 0 Å². The molecule has 0 atom stereocenters. The lowest BCUT2D eigenvalue weighted by atomic mass is 10.0. The molecule has 0 saturated heterocycles. The van der Waals surface area contributed by atoms with Crippen LogP contribution in [0.1, 0.15) is 27.2 Å². The number of ketones is 1. The fourth-order valence-corrected chi connectivity index (χ4v) is 4.25. The molecule has 0 amide bonds. The van der Waals surface area contributed by atoms with Gasteiger partial charge in [-0.3, -0.25) is 14.6 Å². The molecular weight excluding hydrogens is 410 g/mol. The number of anilines is 1. The third-order valence-electron chi connectivity index (χ3n) is 4.92. The van der Waals surface area contributed by atoms with Crippen molar-refractivity contribution in [3.63, 3.8) is 0 Å². The summed E-state index contributed by atoms with van der Waals surface area (Å²) >= 11 is 0. The van der Waals surface area contributed by atoms with Crippen molar-refractivity contribution >= 4 is 21.5 Å². The smallest absolute Gasteiger partial charge is 0.262 e. The lowest BCUT2D eigenvalue weighted by Gasteiger charge is -2.11. The van der Waals surface area contributed by atoms with E-state index in [0.717, 1.165) is 11.1 Å². The van der Waals surface area contributed by atoms with Crippen LogP contribution in [-0.2, 0) is 10.0 Å². The van der Waals surface area contributed by atoms with E-state index in [1.807, 2.05) is 44.2 Å². The number of sulfonamides is 1. The Balaban J connectivity index is 1.83. The standard InChI is InChI=1S/C24H21N3O3S/c1-16-8-12-18(13-9-16)21-22(27-31(29,30)20-14-10-17(2)11-15-20)23(26-25-21)24(28)19-6-4-3-5-7-19/h3-15,27H,1-2H3,(H,25,26). The Labute approximate surface area is 181 Å². The average molecular weight is 432 g/mol. The van der Waals surface area contributed by atoms with Crippen molar-refractivity contribution in [3.8, 4) is 11.3 Å². The second-order valence-electron chi connectivity index (χ2n) is 7.30. The Hall–Kier alpha value is -3.71. The van der Waals surface area contributed by atoms with Crippen molar-refractivity contribution in [2.45, 2.75) is 18.7 Å². The summed E-state index contributed by atoms with van der Waals surface area (Å²) in [5.41, 5.74) is 3.68. The van der Waals surface area contributed by atoms with E-state index in [1.54, 1.807) is 36.4 Å². The van der Waals surface area contributed by atoms with Gasteiger partial charge in [-0.25, -0.2) is 8.42 Å². The van der Waals surface area contributed by atoms with Gasteiger partial charge in [0.15, 0.2) is 0 Å². The van der Waals surface area contributed by atoms with Gasteiger partial charge in [0.05, 0.1) is 4.90 Å². The number of aryl methyl sites for hydroxylation is 2. The molecule has 31 heavy (non-hydrogen) atoms. The quantitative estimate of drug-likeness (QED) is 0.432. The lowest BCUT2D eigenvalue weighted by molar-refractivity contribution is 0.103. The summed E-state index contributed by atoms with van der Waals surface area (Å²) in [6.45, 7) is 3.84. The monoisotopic (exact) mass is 431 g/mol. The number of H-pyrrole nitrogens is 1. The number of aromatic nitrogens is 2. The minimum atomic E-state index is -3.94. The van der Waals surface area contributed by atoms with Crippen LogP contribution < -0.4 is 4.72 Å². The van der Waals surface area contributed by atoms with E-state index in [9.17, 15) is 13.2 Å². The lowest BCUT2D eigenvalue weighted by Crippen LogP contribution is -2.16. The van der Waals surface area contributed by atoms with Gasteiger partial charge >= 0.3 is 0 Å². The highest BCUT2D eigenvalue weighted by Crippen LogP contribution is 2.32. The van der Waals surface area contributed by atoms with Crippen molar-refractivity contribution in [3.05, 3.63) is 101 Å². The molecule has 156 valence electrons. The van der Waals surface area contributed by atoms with Gasteiger partial charge in [-0.05, 0) is 26.0 Å². The van der Waals surface area contributed by atoms with Crippen LogP contribution >= 0.6 is 0 Å². The molecule has 4 aromatic rings. The number of hydrogen-bond acceptors (Lipinski definition) is 4. The van der Waals surface area contributed by atoms with Crippen LogP contribution in [0.15, 0.2) is 83.8 Å². The van der Waals surface area contributed by atoms with E-state index >= 15 is 0 Å². The molecule has 0 aliphatic carbocycles. The van der Waals surface area contributed by atoms with Gasteiger partial charge in [-0.15, -0.1) is 0 Å². The molecule has 1 heterocycles. The van der Waals surface area contributed by atoms with Crippen LogP contribution in [0.4, 0.5) is 5.69 Å². The number of nitrogens with zero attached hydrogens (tertiary/aromatic N) is 1. The minimum Gasteiger partial charge on any atom is -0.287 e. The first-order valence-corrected chi connectivity index (χ1v) is 11.2. The second kappa shape index (κ2) is 8.20. The summed E-state index contributed by atoms with van der Waals surface area (Å²) < 4.78 is 28.8. The molecular formula is C24H21N3O3S.